The standard InChI is InChI=1S/C28H29N7O5S/c29-9-8-20(28(40)35-12-10-30-11-13-35)33-25(37)23-7-6-22(41-23)16-2-1-3-18(14-16)31-24(36)17-4-5-19-21(15-17)34-27(39)26(38)32-19/h1-7,14-15,20,30H,8-13,29H2,(H,31,36)(H,32,38)(H,33,37)(H,34,39). The van der Waals surface area contributed by atoms with E-state index in [9.17, 15) is 24.0 Å². The number of nitrogens with one attached hydrogen (secondary N) is 5. The summed E-state index contributed by atoms with van der Waals surface area (Å²) >= 11 is 1.28. The van der Waals surface area contributed by atoms with E-state index in [2.05, 4.69) is 25.9 Å². The van der Waals surface area contributed by atoms with Gasteiger partial charge in [-0.15, -0.1) is 11.3 Å². The zero-order valence-electron chi connectivity index (χ0n) is 22.0. The molecule has 0 radical (unpaired) electrons. The number of thiophene rings is 1. The van der Waals surface area contributed by atoms with Crippen LogP contribution < -0.4 is 32.8 Å². The Kier molecular flexibility index (Phi) is 8.38. The molecule has 3 heterocycles. The number of hydrogen-bond acceptors (Lipinski definition) is 8. The number of carbonyl (C=O) groups is 3. The quantitative estimate of drug-likeness (QED) is 0.170. The van der Waals surface area contributed by atoms with Crippen LogP contribution in [0.2, 0.25) is 0 Å². The van der Waals surface area contributed by atoms with Crippen LogP contribution in [-0.4, -0.2) is 71.4 Å². The fourth-order valence-corrected chi connectivity index (χ4v) is 5.49. The molecule has 1 unspecified atom stereocenters. The normalized spacial score (nSPS) is 14.0. The number of rotatable bonds is 8. The molecule has 1 aliphatic heterocycles. The van der Waals surface area contributed by atoms with Gasteiger partial charge in [0, 0.05) is 42.3 Å². The van der Waals surface area contributed by atoms with E-state index in [4.69, 9.17) is 5.73 Å². The Hall–Kier alpha value is -4.59. The fourth-order valence-electron chi connectivity index (χ4n) is 4.58. The van der Waals surface area contributed by atoms with Gasteiger partial charge in [0.25, 0.3) is 11.8 Å². The largest absolute Gasteiger partial charge is 0.339 e. The van der Waals surface area contributed by atoms with Crippen LogP contribution in [0.4, 0.5) is 5.69 Å². The average molecular weight is 576 g/mol. The number of aromatic amines is 2. The minimum absolute atomic E-state index is 0.128. The van der Waals surface area contributed by atoms with Gasteiger partial charge < -0.3 is 36.6 Å². The van der Waals surface area contributed by atoms with E-state index < -0.39 is 23.1 Å². The maximum atomic E-state index is 13.0. The molecular weight excluding hydrogens is 546 g/mol. The van der Waals surface area contributed by atoms with E-state index in [1.165, 1.54) is 17.4 Å². The molecule has 0 saturated carbocycles. The van der Waals surface area contributed by atoms with E-state index in [1.54, 1.807) is 41.3 Å². The third-order valence-electron chi connectivity index (χ3n) is 6.71. The second-order valence-corrected chi connectivity index (χ2v) is 10.6. The van der Waals surface area contributed by atoms with Crippen molar-refractivity contribution < 1.29 is 14.4 Å². The second kappa shape index (κ2) is 12.3. The molecule has 212 valence electrons. The van der Waals surface area contributed by atoms with Crippen LogP contribution in [0.5, 0.6) is 0 Å². The summed E-state index contributed by atoms with van der Waals surface area (Å²) in [5, 5.41) is 8.90. The Labute approximate surface area is 238 Å². The lowest BCUT2D eigenvalue weighted by molar-refractivity contribution is -0.133. The number of carbonyl (C=O) groups excluding carboxylic acids is 3. The molecule has 1 atom stereocenters. The third kappa shape index (κ3) is 6.43. The van der Waals surface area contributed by atoms with E-state index in [0.29, 0.717) is 59.8 Å². The highest BCUT2D eigenvalue weighted by Gasteiger charge is 2.27. The average Bonchev–Trinajstić information content (AvgIpc) is 3.48. The number of aromatic nitrogens is 2. The first kappa shape index (κ1) is 28.0. The van der Waals surface area contributed by atoms with Crippen molar-refractivity contribution in [2.75, 3.05) is 38.0 Å². The molecule has 12 nitrogen and oxygen atoms in total. The van der Waals surface area contributed by atoms with Gasteiger partial charge in [-0.25, -0.2) is 0 Å². The number of piperazine rings is 1. The molecule has 4 aromatic rings. The maximum absolute atomic E-state index is 13.0. The molecule has 1 aliphatic rings. The molecule has 7 N–H and O–H groups in total. The highest BCUT2D eigenvalue weighted by atomic mass is 32.1. The topological polar surface area (TPSA) is 182 Å². The number of amides is 3. The number of fused-ring (bicyclic) bond motifs is 1. The van der Waals surface area contributed by atoms with Gasteiger partial charge in [-0.05, 0) is 61.0 Å². The summed E-state index contributed by atoms with van der Waals surface area (Å²) in [5.74, 6) is -0.873. The summed E-state index contributed by atoms with van der Waals surface area (Å²) < 4.78 is 0. The molecule has 13 heteroatoms. The molecule has 1 fully saturated rings. The van der Waals surface area contributed by atoms with Crippen molar-refractivity contribution in [3.8, 4) is 10.4 Å². The fraction of sp³-hybridized carbons (Fsp3) is 0.250. The van der Waals surface area contributed by atoms with Crippen molar-refractivity contribution in [2.24, 2.45) is 5.73 Å². The van der Waals surface area contributed by atoms with E-state index in [-0.39, 0.29) is 18.4 Å². The summed E-state index contributed by atoms with van der Waals surface area (Å²) in [6.45, 7) is 2.88. The third-order valence-corrected chi connectivity index (χ3v) is 7.84. The molecule has 41 heavy (non-hydrogen) atoms. The lowest BCUT2D eigenvalue weighted by Gasteiger charge is -2.31. The van der Waals surface area contributed by atoms with Gasteiger partial charge in [0.05, 0.1) is 15.9 Å². The zero-order chi connectivity index (χ0) is 28.9. The summed E-state index contributed by atoms with van der Waals surface area (Å²) in [6, 6.07) is 14.6. The van der Waals surface area contributed by atoms with Crippen molar-refractivity contribution in [3.63, 3.8) is 0 Å². The van der Waals surface area contributed by atoms with Crippen molar-refractivity contribution in [1.82, 2.24) is 25.5 Å². The van der Waals surface area contributed by atoms with Crippen molar-refractivity contribution in [2.45, 2.75) is 12.5 Å². The van der Waals surface area contributed by atoms with Crippen LogP contribution >= 0.6 is 11.3 Å². The van der Waals surface area contributed by atoms with Gasteiger partial charge in [0.15, 0.2) is 0 Å². The molecule has 0 bridgehead atoms. The zero-order valence-corrected chi connectivity index (χ0v) is 22.8. The predicted molar refractivity (Wildman–Crippen MR) is 157 cm³/mol. The molecule has 3 amide bonds. The molecule has 1 saturated heterocycles. The lowest BCUT2D eigenvalue weighted by atomic mass is 10.1. The van der Waals surface area contributed by atoms with E-state index in [1.807, 2.05) is 12.1 Å². The first-order valence-corrected chi connectivity index (χ1v) is 13.9. The Morgan fingerprint density at radius 3 is 2.44 bits per heavy atom. The van der Waals surface area contributed by atoms with E-state index in [0.717, 1.165) is 10.4 Å². The van der Waals surface area contributed by atoms with Crippen LogP contribution in [0.3, 0.4) is 0 Å². The van der Waals surface area contributed by atoms with Gasteiger partial charge in [0.1, 0.15) is 6.04 Å². The number of nitrogens with zero attached hydrogens (tertiary/aromatic N) is 1. The second-order valence-electron chi connectivity index (χ2n) is 9.55. The molecule has 0 spiro atoms. The first-order valence-electron chi connectivity index (χ1n) is 13.1. The molecular formula is C28H29N7O5S. The molecule has 2 aromatic heterocycles. The van der Waals surface area contributed by atoms with Crippen molar-refractivity contribution in [3.05, 3.63) is 85.7 Å². The molecule has 0 aliphatic carbocycles. The van der Waals surface area contributed by atoms with Gasteiger partial charge >= 0.3 is 11.1 Å². The van der Waals surface area contributed by atoms with Crippen LogP contribution in [0.15, 0.2) is 64.2 Å². The smallest absolute Gasteiger partial charge is 0.314 e. The minimum atomic E-state index is -0.798. The van der Waals surface area contributed by atoms with Gasteiger partial charge in [-0.1, -0.05) is 12.1 Å². The summed E-state index contributed by atoms with van der Waals surface area (Å²) in [5.41, 5.74) is 6.53. The number of nitrogens with two attached hydrogens (primary N) is 1. The number of anilines is 1. The number of hydrogen-bond donors (Lipinski definition) is 6. The summed E-state index contributed by atoms with van der Waals surface area (Å²) in [4.78, 5) is 70.0. The van der Waals surface area contributed by atoms with E-state index >= 15 is 0 Å². The highest BCUT2D eigenvalue weighted by Crippen LogP contribution is 2.30. The van der Waals surface area contributed by atoms with Gasteiger partial charge in [-0.2, -0.15) is 0 Å². The summed E-state index contributed by atoms with van der Waals surface area (Å²) in [7, 11) is 0. The molecule has 5 rings (SSSR count). The Balaban J connectivity index is 1.27. The van der Waals surface area contributed by atoms with Crippen molar-refractivity contribution in [1.29, 1.82) is 0 Å². The van der Waals surface area contributed by atoms with Crippen LogP contribution in [-0.2, 0) is 4.79 Å². The maximum Gasteiger partial charge on any atom is 0.314 e. The highest BCUT2D eigenvalue weighted by molar-refractivity contribution is 7.17. The van der Waals surface area contributed by atoms with Crippen LogP contribution in [0.1, 0.15) is 26.5 Å². The van der Waals surface area contributed by atoms with Crippen molar-refractivity contribution >= 4 is 45.8 Å². The Morgan fingerprint density at radius 2 is 1.68 bits per heavy atom. The first-order chi connectivity index (χ1) is 19.8. The minimum Gasteiger partial charge on any atom is -0.339 e. The van der Waals surface area contributed by atoms with Gasteiger partial charge in [-0.3, -0.25) is 24.0 Å². The molecule has 2 aromatic carbocycles. The number of H-pyrrole nitrogens is 2. The van der Waals surface area contributed by atoms with Crippen LogP contribution in [0, 0.1) is 0 Å². The Bertz CT molecular complexity index is 1720. The monoisotopic (exact) mass is 575 g/mol. The lowest BCUT2D eigenvalue weighted by Crippen LogP contribution is -2.54. The van der Waals surface area contributed by atoms with Crippen LogP contribution in [0.25, 0.3) is 21.5 Å². The SMILES string of the molecule is NCCC(NC(=O)c1ccc(-c2cccc(NC(=O)c3ccc4[nH]c(=O)c(=O)[nH]c4c3)c2)s1)C(=O)N1CCNCC1. The van der Waals surface area contributed by atoms with Gasteiger partial charge in [0.2, 0.25) is 5.91 Å². The summed E-state index contributed by atoms with van der Waals surface area (Å²) in [6.07, 6.45) is 0.347. The number of benzene rings is 2. The Morgan fingerprint density at radius 1 is 0.927 bits per heavy atom. The predicted octanol–water partition coefficient (Wildman–Crippen LogP) is 1.08.